The molecule has 0 atom stereocenters. The summed E-state index contributed by atoms with van der Waals surface area (Å²) >= 11 is 0. The predicted molar refractivity (Wildman–Crippen MR) is 72.2 cm³/mol. The van der Waals surface area contributed by atoms with Crippen molar-refractivity contribution < 1.29 is 4.39 Å². The maximum atomic E-state index is 13.2. The highest BCUT2D eigenvalue weighted by molar-refractivity contribution is 5.83. The van der Waals surface area contributed by atoms with Gasteiger partial charge in [0, 0.05) is 23.1 Å². The van der Waals surface area contributed by atoms with Crippen LogP contribution in [0.15, 0.2) is 24.4 Å². The summed E-state index contributed by atoms with van der Waals surface area (Å²) < 4.78 is 13.2. The summed E-state index contributed by atoms with van der Waals surface area (Å²) in [5.74, 6) is -0.157. The van der Waals surface area contributed by atoms with E-state index in [1.54, 1.807) is 12.1 Å². The monoisotopic (exact) mass is 246 g/mol. The van der Waals surface area contributed by atoms with Crippen molar-refractivity contribution in [1.82, 2.24) is 10.3 Å². The van der Waals surface area contributed by atoms with Crippen LogP contribution in [-0.2, 0) is 6.42 Å². The summed E-state index contributed by atoms with van der Waals surface area (Å²) in [5, 5.41) is 4.58. The molecule has 1 fully saturated rings. The second-order valence-corrected chi connectivity index (χ2v) is 5.19. The van der Waals surface area contributed by atoms with E-state index >= 15 is 0 Å². The first-order chi connectivity index (χ1) is 8.83. The number of halogens is 1. The van der Waals surface area contributed by atoms with Gasteiger partial charge in [-0.05, 0) is 56.0 Å². The molecule has 3 heteroatoms. The zero-order chi connectivity index (χ0) is 12.4. The Morgan fingerprint density at radius 1 is 1.33 bits per heavy atom. The molecule has 1 aromatic heterocycles. The number of aromatic amines is 1. The summed E-state index contributed by atoms with van der Waals surface area (Å²) in [7, 11) is 0. The lowest BCUT2D eigenvalue weighted by Crippen LogP contribution is -2.35. The molecule has 1 aliphatic carbocycles. The topological polar surface area (TPSA) is 27.8 Å². The van der Waals surface area contributed by atoms with Gasteiger partial charge in [0.05, 0.1) is 0 Å². The number of fused-ring (bicyclic) bond motifs is 1. The molecule has 2 N–H and O–H groups in total. The van der Waals surface area contributed by atoms with Crippen molar-refractivity contribution >= 4 is 10.9 Å². The van der Waals surface area contributed by atoms with Crippen LogP contribution in [0.3, 0.4) is 0 Å². The molecule has 0 spiro atoms. The minimum absolute atomic E-state index is 0.157. The van der Waals surface area contributed by atoms with Crippen molar-refractivity contribution in [3.63, 3.8) is 0 Å². The molecule has 1 aliphatic rings. The first-order valence-electron chi connectivity index (χ1n) is 6.82. The maximum Gasteiger partial charge on any atom is 0.123 e. The van der Waals surface area contributed by atoms with Crippen LogP contribution >= 0.6 is 0 Å². The number of benzene rings is 1. The lowest BCUT2D eigenvalue weighted by Gasteiger charge is -2.26. The SMILES string of the molecule is Fc1ccc2[nH]cc(CCCNC3CCC3)c2c1. The molecule has 0 unspecified atom stereocenters. The average molecular weight is 246 g/mol. The van der Waals surface area contributed by atoms with E-state index in [1.807, 2.05) is 6.20 Å². The van der Waals surface area contributed by atoms with E-state index in [0.717, 1.165) is 36.3 Å². The molecule has 3 rings (SSSR count). The Morgan fingerprint density at radius 2 is 2.22 bits per heavy atom. The first-order valence-corrected chi connectivity index (χ1v) is 6.82. The molecule has 1 aromatic carbocycles. The van der Waals surface area contributed by atoms with E-state index in [0.29, 0.717) is 0 Å². The van der Waals surface area contributed by atoms with Gasteiger partial charge in [-0.2, -0.15) is 0 Å². The zero-order valence-corrected chi connectivity index (χ0v) is 10.5. The normalized spacial score (nSPS) is 16.1. The van der Waals surface area contributed by atoms with Gasteiger partial charge in [0.1, 0.15) is 5.82 Å². The second kappa shape index (κ2) is 5.11. The fraction of sp³-hybridized carbons (Fsp3) is 0.467. The molecule has 1 heterocycles. The van der Waals surface area contributed by atoms with Crippen molar-refractivity contribution in [2.45, 2.75) is 38.1 Å². The Kier molecular flexibility index (Phi) is 3.33. The Morgan fingerprint density at radius 3 is 3.00 bits per heavy atom. The highest BCUT2D eigenvalue weighted by atomic mass is 19.1. The van der Waals surface area contributed by atoms with Gasteiger partial charge >= 0.3 is 0 Å². The number of aromatic nitrogens is 1. The van der Waals surface area contributed by atoms with E-state index in [1.165, 1.54) is 30.9 Å². The van der Waals surface area contributed by atoms with Crippen LogP contribution in [0.1, 0.15) is 31.2 Å². The molecule has 0 amide bonds. The molecular formula is C15H19FN2. The quantitative estimate of drug-likeness (QED) is 0.778. The number of rotatable bonds is 5. The Balaban J connectivity index is 1.58. The number of nitrogens with one attached hydrogen (secondary N) is 2. The summed E-state index contributed by atoms with van der Waals surface area (Å²) in [4.78, 5) is 3.20. The van der Waals surface area contributed by atoms with E-state index in [9.17, 15) is 4.39 Å². The molecule has 96 valence electrons. The average Bonchev–Trinajstić information content (AvgIpc) is 2.69. The molecule has 18 heavy (non-hydrogen) atoms. The largest absolute Gasteiger partial charge is 0.361 e. The highest BCUT2D eigenvalue weighted by Gasteiger charge is 2.15. The Bertz CT molecular complexity index is 528. The summed E-state index contributed by atoms with van der Waals surface area (Å²) in [6.07, 6.45) is 8.16. The van der Waals surface area contributed by atoms with Crippen LogP contribution in [0.2, 0.25) is 0 Å². The van der Waals surface area contributed by atoms with Crippen LogP contribution in [0.4, 0.5) is 4.39 Å². The molecule has 0 saturated heterocycles. The third kappa shape index (κ3) is 2.41. The van der Waals surface area contributed by atoms with Gasteiger partial charge in [0.15, 0.2) is 0 Å². The van der Waals surface area contributed by atoms with Crippen molar-refractivity contribution in [2.75, 3.05) is 6.54 Å². The summed E-state index contributed by atoms with van der Waals surface area (Å²) in [6, 6.07) is 5.69. The third-order valence-electron chi connectivity index (χ3n) is 3.89. The van der Waals surface area contributed by atoms with E-state index in [4.69, 9.17) is 0 Å². The molecule has 2 aromatic rings. The number of aryl methyl sites for hydroxylation is 1. The van der Waals surface area contributed by atoms with Gasteiger partial charge in [-0.25, -0.2) is 4.39 Å². The van der Waals surface area contributed by atoms with E-state index in [2.05, 4.69) is 10.3 Å². The molecule has 0 bridgehead atoms. The predicted octanol–water partition coefficient (Wildman–Crippen LogP) is 3.38. The number of hydrogen-bond donors (Lipinski definition) is 2. The minimum atomic E-state index is -0.157. The highest BCUT2D eigenvalue weighted by Crippen LogP contribution is 2.21. The standard InChI is InChI=1S/C15H19FN2/c16-12-6-7-15-14(9-12)11(10-18-15)3-2-8-17-13-4-1-5-13/h6-7,9-10,13,17-18H,1-5,8H2. The lowest BCUT2D eigenvalue weighted by molar-refractivity contribution is 0.339. The van der Waals surface area contributed by atoms with Crippen LogP contribution < -0.4 is 5.32 Å². The number of H-pyrrole nitrogens is 1. The Hall–Kier alpha value is -1.35. The van der Waals surface area contributed by atoms with Crippen LogP contribution in [0.25, 0.3) is 10.9 Å². The number of hydrogen-bond acceptors (Lipinski definition) is 1. The fourth-order valence-corrected chi connectivity index (χ4v) is 2.55. The van der Waals surface area contributed by atoms with Crippen LogP contribution in [-0.4, -0.2) is 17.6 Å². The van der Waals surface area contributed by atoms with Gasteiger partial charge in [0.25, 0.3) is 0 Å². The smallest absolute Gasteiger partial charge is 0.123 e. The Labute approximate surface area is 107 Å². The van der Waals surface area contributed by atoms with Gasteiger partial charge in [0.2, 0.25) is 0 Å². The second-order valence-electron chi connectivity index (χ2n) is 5.19. The van der Waals surface area contributed by atoms with Crippen LogP contribution in [0, 0.1) is 5.82 Å². The zero-order valence-electron chi connectivity index (χ0n) is 10.5. The first kappa shape index (κ1) is 11.7. The maximum absolute atomic E-state index is 13.2. The fourth-order valence-electron chi connectivity index (χ4n) is 2.55. The molecule has 2 nitrogen and oxygen atoms in total. The van der Waals surface area contributed by atoms with Gasteiger partial charge < -0.3 is 10.3 Å². The summed E-state index contributed by atoms with van der Waals surface area (Å²) in [6.45, 7) is 1.06. The van der Waals surface area contributed by atoms with E-state index in [-0.39, 0.29) is 5.82 Å². The molecule has 0 aliphatic heterocycles. The molecular weight excluding hydrogens is 227 g/mol. The molecule has 1 saturated carbocycles. The lowest BCUT2D eigenvalue weighted by atomic mass is 9.93. The minimum Gasteiger partial charge on any atom is -0.361 e. The van der Waals surface area contributed by atoms with Crippen molar-refractivity contribution in [2.24, 2.45) is 0 Å². The van der Waals surface area contributed by atoms with Gasteiger partial charge in [-0.3, -0.25) is 0 Å². The van der Waals surface area contributed by atoms with E-state index < -0.39 is 0 Å². The molecule has 0 radical (unpaired) electrons. The van der Waals surface area contributed by atoms with Crippen molar-refractivity contribution in [1.29, 1.82) is 0 Å². The van der Waals surface area contributed by atoms with Gasteiger partial charge in [-0.15, -0.1) is 0 Å². The van der Waals surface area contributed by atoms with Crippen molar-refractivity contribution in [3.05, 3.63) is 35.8 Å². The summed E-state index contributed by atoms with van der Waals surface area (Å²) in [5.41, 5.74) is 2.25. The van der Waals surface area contributed by atoms with Gasteiger partial charge in [-0.1, -0.05) is 6.42 Å². The third-order valence-corrected chi connectivity index (χ3v) is 3.89. The van der Waals surface area contributed by atoms with Crippen LogP contribution in [0.5, 0.6) is 0 Å². The van der Waals surface area contributed by atoms with Crippen molar-refractivity contribution in [3.8, 4) is 0 Å².